The maximum Gasteiger partial charge on any atom is 0.194 e. The lowest BCUT2D eigenvalue weighted by molar-refractivity contribution is -0.00588. The fourth-order valence-electron chi connectivity index (χ4n) is 3.63. The number of benzene rings is 1. The van der Waals surface area contributed by atoms with Crippen molar-refractivity contribution in [1.82, 2.24) is 0 Å². The molecule has 0 saturated carbocycles. The van der Waals surface area contributed by atoms with Crippen LogP contribution in [-0.2, 0) is 9.47 Å². The number of ether oxygens (including phenoxy) is 3. The van der Waals surface area contributed by atoms with Crippen molar-refractivity contribution in [1.29, 1.82) is 0 Å². The van der Waals surface area contributed by atoms with Crippen molar-refractivity contribution in [3.05, 3.63) is 29.8 Å². The topological polar surface area (TPSA) is 44.8 Å². The molecule has 0 spiro atoms. The Labute approximate surface area is 197 Å². The van der Waals surface area contributed by atoms with Gasteiger partial charge in [-0.15, -0.1) is 0 Å². The van der Waals surface area contributed by atoms with E-state index in [9.17, 15) is 4.79 Å². The molecule has 0 aliphatic rings. The summed E-state index contributed by atoms with van der Waals surface area (Å²) in [7, 11) is 0. The zero-order valence-corrected chi connectivity index (χ0v) is 21.3. The number of rotatable bonds is 21. The van der Waals surface area contributed by atoms with E-state index >= 15 is 0 Å². The van der Waals surface area contributed by atoms with Gasteiger partial charge in [-0.3, -0.25) is 4.79 Å². The molecule has 4 heteroatoms. The molecular formula is C28H48O4. The lowest BCUT2D eigenvalue weighted by Gasteiger charge is -2.24. The summed E-state index contributed by atoms with van der Waals surface area (Å²) in [5.41, 5.74) is -0.152. The van der Waals surface area contributed by atoms with Gasteiger partial charge >= 0.3 is 0 Å². The minimum atomic E-state index is -0.809. The highest BCUT2D eigenvalue weighted by atomic mass is 16.5. The maximum atomic E-state index is 12.8. The molecule has 32 heavy (non-hydrogen) atoms. The summed E-state index contributed by atoms with van der Waals surface area (Å²) in [5, 5.41) is 0. The van der Waals surface area contributed by atoms with E-state index in [0.717, 1.165) is 25.2 Å². The first-order valence-corrected chi connectivity index (χ1v) is 13.0. The van der Waals surface area contributed by atoms with Crippen LogP contribution in [0.1, 0.15) is 115 Å². The smallest absolute Gasteiger partial charge is 0.194 e. The lowest BCUT2D eigenvalue weighted by Crippen LogP contribution is -2.35. The molecule has 0 atom stereocenters. The third-order valence-electron chi connectivity index (χ3n) is 5.76. The standard InChI is InChI=1S/C28H48O4/c1-5-7-9-11-13-15-21-30-23-24-31-26-19-17-25(18-20-26)27(29)28(3,4)32-22-16-14-12-10-8-6-2/h17-20H,5-16,21-24H2,1-4H3. The minimum absolute atomic E-state index is 0.0114. The fourth-order valence-corrected chi connectivity index (χ4v) is 3.63. The summed E-state index contributed by atoms with van der Waals surface area (Å²) in [6.07, 6.45) is 14.9. The lowest BCUT2D eigenvalue weighted by atomic mass is 9.96. The van der Waals surface area contributed by atoms with Crippen LogP contribution >= 0.6 is 0 Å². The van der Waals surface area contributed by atoms with Crippen LogP contribution in [-0.4, -0.2) is 37.8 Å². The highest BCUT2D eigenvalue weighted by Gasteiger charge is 2.29. The number of hydrogen-bond donors (Lipinski definition) is 0. The molecule has 0 amide bonds. The van der Waals surface area contributed by atoms with Crippen LogP contribution in [0, 0.1) is 0 Å². The van der Waals surface area contributed by atoms with Crippen molar-refractivity contribution < 1.29 is 19.0 Å². The van der Waals surface area contributed by atoms with Crippen LogP contribution in [0.4, 0.5) is 0 Å². The van der Waals surface area contributed by atoms with Crippen LogP contribution in [0.2, 0.25) is 0 Å². The molecule has 0 bridgehead atoms. The number of unbranched alkanes of at least 4 members (excludes halogenated alkanes) is 10. The average molecular weight is 449 g/mol. The Morgan fingerprint density at radius 1 is 0.688 bits per heavy atom. The number of ketones is 1. The molecule has 0 saturated heterocycles. The van der Waals surface area contributed by atoms with Gasteiger partial charge in [0, 0.05) is 18.8 Å². The Hall–Kier alpha value is -1.39. The van der Waals surface area contributed by atoms with E-state index in [1.165, 1.54) is 64.2 Å². The van der Waals surface area contributed by atoms with Gasteiger partial charge in [0.2, 0.25) is 0 Å². The van der Waals surface area contributed by atoms with Crippen molar-refractivity contribution in [2.45, 2.75) is 110 Å². The number of hydrogen-bond acceptors (Lipinski definition) is 4. The highest BCUT2D eigenvalue weighted by Crippen LogP contribution is 2.21. The Morgan fingerprint density at radius 2 is 1.22 bits per heavy atom. The van der Waals surface area contributed by atoms with Crippen molar-refractivity contribution >= 4 is 5.78 Å². The van der Waals surface area contributed by atoms with Gasteiger partial charge in [0.15, 0.2) is 5.78 Å². The van der Waals surface area contributed by atoms with E-state index < -0.39 is 5.60 Å². The van der Waals surface area contributed by atoms with Gasteiger partial charge < -0.3 is 14.2 Å². The molecule has 0 radical (unpaired) electrons. The zero-order valence-electron chi connectivity index (χ0n) is 21.3. The normalized spacial score (nSPS) is 11.6. The van der Waals surface area contributed by atoms with Gasteiger partial charge in [-0.2, -0.15) is 0 Å². The van der Waals surface area contributed by atoms with Crippen LogP contribution < -0.4 is 4.74 Å². The highest BCUT2D eigenvalue weighted by molar-refractivity contribution is 6.02. The molecule has 1 rings (SSSR count). The molecule has 0 aromatic heterocycles. The first kappa shape index (κ1) is 28.6. The number of Topliss-reactive ketones (excluding diaryl/α,β-unsaturated/α-hetero) is 1. The second-order valence-corrected chi connectivity index (χ2v) is 9.21. The second kappa shape index (κ2) is 18.1. The molecule has 0 heterocycles. The Bertz CT molecular complexity index is 580. The van der Waals surface area contributed by atoms with Gasteiger partial charge in [-0.25, -0.2) is 0 Å². The first-order valence-electron chi connectivity index (χ1n) is 13.0. The summed E-state index contributed by atoms with van der Waals surface area (Å²) in [6.45, 7) is 10.7. The zero-order chi connectivity index (χ0) is 23.5. The third kappa shape index (κ3) is 13.2. The van der Waals surface area contributed by atoms with E-state index in [1.54, 1.807) is 0 Å². The predicted molar refractivity (Wildman–Crippen MR) is 134 cm³/mol. The third-order valence-corrected chi connectivity index (χ3v) is 5.76. The summed E-state index contributed by atoms with van der Waals surface area (Å²) in [5.74, 6) is 0.771. The van der Waals surface area contributed by atoms with Crippen LogP contribution in [0.5, 0.6) is 5.75 Å². The van der Waals surface area contributed by atoms with Gasteiger partial charge in [0.1, 0.15) is 18.0 Å². The van der Waals surface area contributed by atoms with Crippen LogP contribution in [0.25, 0.3) is 0 Å². The van der Waals surface area contributed by atoms with E-state index in [2.05, 4.69) is 13.8 Å². The monoisotopic (exact) mass is 448 g/mol. The molecule has 1 aromatic carbocycles. The molecule has 0 fully saturated rings. The van der Waals surface area contributed by atoms with Gasteiger partial charge in [0.05, 0.1) is 6.61 Å². The summed E-state index contributed by atoms with van der Waals surface area (Å²) < 4.78 is 17.3. The Morgan fingerprint density at radius 3 is 1.81 bits per heavy atom. The molecular weight excluding hydrogens is 400 g/mol. The van der Waals surface area contributed by atoms with Crippen molar-refractivity contribution in [3.8, 4) is 5.75 Å². The van der Waals surface area contributed by atoms with Crippen LogP contribution in [0.15, 0.2) is 24.3 Å². The fraction of sp³-hybridized carbons (Fsp3) is 0.750. The van der Waals surface area contributed by atoms with Gasteiger partial charge in [-0.05, 0) is 51.0 Å². The summed E-state index contributed by atoms with van der Waals surface area (Å²) in [4.78, 5) is 12.8. The quantitative estimate of drug-likeness (QED) is 0.142. The van der Waals surface area contributed by atoms with E-state index in [1.807, 2.05) is 38.1 Å². The van der Waals surface area contributed by atoms with Gasteiger partial charge in [0.25, 0.3) is 0 Å². The number of carbonyl (C=O) groups is 1. The molecule has 0 unspecified atom stereocenters. The number of carbonyl (C=O) groups excluding carboxylic acids is 1. The summed E-state index contributed by atoms with van der Waals surface area (Å²) in [6, 6.07) is 7.35. The first-order chi connectivity index (χ1) is 15.5. The maximum absolute atomic E-state index is 12.8. The predicted octanol–water partition coefficient (Wildman–Crippen LogP) is 7.78. The van der Waals surface area contributed by atoms with Gasteiger partial charge in [-0.1, -0.05) is 78.1 Å². The molecule has 0 N–H and O–H groups in total. The average Bonchev–Trinajstić information content (AvgIpc) is 2.79. The Balaban J connectivity index is 2.21. The van der Waals surface area contributed by atoms with E-state index in [4.69, 9.17) is 14.2 Å². The van der Waals surface area contributed by atoms with E-state index in [-0.39, 0.29) is 5.78 Å². The SMILES string of the molecule is CCCCCCCCOCCOc1ccc(C(=O)C(C)(C)OCCCCCCCC)cc1. The molecule has 0 aliphatic heterocycles. The van der Waals surface area contributed by atoms with Crippen LogP contribution in [0.3, 0.4) is 0 Å². The second-order valence-electron chi connectivity index (χ2n) is 9.21. The minimum Gasteiger partial charge on any atom is -0.491 e. The molecule has 4 nitrogen and oxygen atoms in total. The van der Waals surface area contributed by atoms with E-state index in [0.29, 0.717) is 25.4 Å². The molecule has 184 valence electrons. The largest absolute Gasteiger partial charge is 0.491 e. The molecule has 1 aromatic rings. The van der Waals surface area contributed by atoms with Crippen molar-refractivity contribution in [2.75, 3.05) is 26.4 Å². The summed E-state index contributed by atoms with van der Waals surface area (Å²) >= 11 is 0. The molecule has 0 aliphatic carbocycles. The van der Waals surface area contributed by atoms with Crippen molar-refractivity contribution in [2.24, 2.45) is 0 Å². The van der Waals surface area contributed by atoms with Crippen molar-refractivity contribution in [3.63, 3.8) is 0 Å². The Kier molecular flexibility index (Phi) is 16.2.